The van der Waals surface area contributed by atoms with Gasteiger partial charge in [-0.2, -0.15) is 0 Å². The summed E-state index contributed by atoms with van der Waals surface area (Å²) in [6.07, 6.45) is 5.61. The van der Waals surface area contributed by atoms with Crippen molar-refractivity contribution in [1.82, 2.24) is 9.97 Å². The normalized spacial score (nSPS) is 12.7. The molecule has 0 aliphatic carbocycles. The summed E-state index contributed by atoms with van der Waals surface area (Å²) in [6, 6.07) is 8.22. The van der Waals surface area contributed by atoms with Gasteiger partial charge >= 0.3 is 0 Å². The third kappa shape index (κ3) is 1.61. The molecule has 2 aromatic rings. The zero-order valence-corrected chi connectivity index (χ0v) is 7.57. The maximum atomic E-state index is 4.00. The third-order valence-electron chi connectivity index (χ3n) is 2.29. The van der Waals surface area contributed by atoms with E-state index >= 15 is 0 Å². The van der Waals surface area contributed by atoms with Crippen molar-refractivity contribution in [2.75, 3.05) is 0 Å². The molecule has 0 spiro atoms. The molecular weight excluding hydrogens is 160 g/mol. The zero-order valence-electron chi connectivity index (χ0n) is 7.57. The molecule has 0 saturated carbocycles. The van der Waals surface area contributed by atoms with Crippen LogP contribution in [-0.4, -0.2) is 9.97 Å². The first kappa shape index (κ1) is 8.05. The summed E-state index contributed by atoms with van der Waals surface area (Å²) in [7, 11) is 0. The first-order valence-electron chi connectivity index (χ1n) is 4.41. The molecule has 2 heterocycles. The number of aromatic nitrogens is 2. The number of pyridine rings is 1. The quantitative estimate of drug-likeness (QED) is 0.741. The number of hydrogen-bond acceptors (Lipinski definition) is 1. The molecule has 0 aliphatic heterocycles. The summed E-state index contributed by atoms with van der Waals surface area (Å²) in [5.74, 6) is 0.415. The van der Waals surface area contributed by atoms with Gasteiger partial charge in [-0.1, -0.05) is 6.92 Å². The molecule has 0 saturated heterocycles. The van der Waals surface area contributed by atoms with Crippen LogP contribution in [0.2, 0.25) is 0 Å². The van der Waals surface area contributed by atoms with Gasteiger partial charge in [-0.25, -0.2) is 0 Å². The molecule has 0 bridgehead atoms. The molecule has 2 aromatic heterocycles. The summed E-state index contributed by atoms with van der Waals surface area (Å²) in [4.78, 5) is 7.21. The minimum absolute atomic E-state index is 0.415. The van der Waals surface area contributed by atoms with Crippen LogP contribution in [-0.2, 0) is 0 Å². The van der Waals surface area contributed by atoms with Crippen molar-refractivity contribution in [2.24, 2.45) is 0 Å². The Bertz CT molecular complexity index is 351. The van der Waals surface area contributed by atoms with Crippen LogP contribution in [0.15, 0.2) is 42.9 Å². The van der Waals surface area contributed by atoms with E-state index in [1.165, 1.54) is 11.3 Å². The smallest absolute Gasteiger partial charge is 0.0270 e. The maximum Gasteiger partial charge on any atom is 0.0270 e. The standard InChI is InChI=1S/C11H12N2/c1-9(11-3-2-6-13-11)10-4-7-12-8-5-10/h2-9,13H,1H3. The number of H-pyrrole nitrogens is 1. The molecule has 2 nitrogen and oxygen atoms in total. The molecule has 0 fully saturated rings. The van der Waals surface area contributed by atoms with Crippen molar-refractivity contribution in [1.29, 1.82) is 0 Å². The lowest BCUT2D eigenvalue weighted by Gasteiger charge is -2.08. The van der Waals surface area contributed by atoms with Gasteiger partial charge in [-0.3, -0.25) is 4.98 Å². The highest BCUT2D eigenvalue weighted by Gasteiger charge is 2.07. The van der Waals surface area contributed by atoms with Crippen LogP contribution in [0.3, 0.4) is 0 Å². The Hall–Kier alpha value is -1.57. The maximum absolute atomic E-state index is 4.00. The Morgan fingerprint density at radius 1 is 1.23 bits per heavy atom. The molecular formula is C11H12N2. The Balaban J connectivity index is 2.29. The van der Waals surface area contributed by atoms with Gasteiger partial charge in [0.15, 0.2) is 0 Å². The van der Waals surface area contributed by atoms with Gasteiger partial charge in [0, 0.05) is 30.2 Å². The lowest BCUT2D eigenvalue weighted by molar-refractivity contribution is 0.880. The van der Waals surface area contributed by atoms with Gasteiger partial charge in [0.25, 0.3) is 0 Å². The lowest BCUT2D eigenvalue weighted by Crippen LogP contribution is -1.95. The van der Waals surface area contributed by atoms with Gasteiger partial charge in [0.1, 0.15) is 0 Å². The van der Waals surface area contributed by atoms with E-state index in [1.807, 2.05) is 36.8 Å². The minimum atomic E-state index is 0.415. The Morgan fingerprint density at radius 2 is 2.00 bits per heavy atom. The first-order valence-corrected chi connectivity index (χ1v) is 4.41. The van der Waals surface area contributed by atoms with E-state index in [1.54, 1.807) is 0 Å². The SMILES string of the molecule is CC(c1ccncc1)c1ccc[nH]1. The molecule has 1 unspecified atom stereocenters. The van der Waals surface area contributed by atoms with E-state index in [4.69, 9.17) is 0 Å². The third-order valence-corrected chi connectivity index (χ3v) is 2.29. The Labute approximate surface area is 77.6 Å². The zero-order chi connectivity index (χ0) is 9.10. The number of nitrogens with zero attached hydrogens (tertiary/aromatic N) is 1. The molecule has 0 aliphatic rings. The van der Waals surface area contributed by atoms with Crippen molar-refractivity contribution in [2.45, 2.75) is 12.8 Å². The van der Waals surface area contributed by atoms with Crippen molar-refractivity contribution in [3.8, 4) is 0 Å². The number of aromatic amines is 1. The molecule has 0 aromatic carbocycles. The summed E-state index contributed by atoms with van der Waals surface area (Å²) in [5.41, 5.74) is 2.53. The van der Waals surface area contributed by atoms with Crippen LogP contribution in [0.4, 0.5) is 0 Å². The van der Waals surface area contributed by atoms with Crippen molar-refractivity contribution in [3.63, 3.8) is 0 Å². The minimum Gasteiger partial charge on any atom is -0.364 e. The fourth-order valence-corrected chi connectivity index (χ4v) is 1.45. The first-order chi connectivity index (χ1) is 6.38. The van der Waals surface area contributed by atoms with Crippen LogP contribution in [0.5, 0.6) is 0 Å². The van der Waals surface area contributed by atoms with E-state index in [2.05, 4.69) is 23.0 Å². The second-order valence-electron chi connectivity index (χ2n) is 3.13. The van der Waals surface area contributed by atoms with E-state index in [-0.39, 0.29) is 0 Å². The second-order valence-corrected chi connectivity index (χ2v) is 3.13. The Morgan fingerprint density at radius 3 is 2.62 bits per heavy atom. The second kappa shape index (κ2) is 3.44. The predicted octanol–water partition coefficient (Wildman–Crippen LogP) is 2.56. The van der Waals surface area contributed by atoms with Gasteiger partial charge in [-0.15, -0.1) is 0 Å². The monoisotopic (exact) mass is 172 g/mol. The summed E-state index contributed by atoms with van der Waals surface area (Å²) >= 11 is 0. The van der Waals surface area contributed by atoms with E-state index in [0.717, 1.165) is 0 Å². The molecule has 0 radical (unpaired) electrons. The lowest BCUT2D eigenvalue weighted by atomic mass is 9.99. The number of rotatable bonds is 2. The fraction of sp³-hybridized carbons (Fsp3) is 0.182. The van der Waals surface area contributed by atoms with Crippen LogP contribution in [0.1, 0.15) is 24.1 Å². The molecule has 0 amide bonds. The fourth-order valence-electron chi connectivity index (χ4n) is 1.45. The van der Waals surface area contributed by atoms with Crippen LogP contribution in [0.25, 0.3) is 0 Å². The van der Waals surface area contributed by atoms with Crippen LogP contribution >= 0.6 is 0 Å². The van der Waals surface area contributed by atoms with Crippen LogP contribution < -0.4 is 0 Å². The molecule has 66 valence electrons. The summed E-state index contributed by atoms with van der Waals surface area (Å²) in [5, 5.41) is 0. The van der Waals surface area contributed by atoms with E-state index < -0.39 is 0 Å². The van der Waals surface area contributed by atoms with E-state index in [9.17, 15) is 0 Å². The van der Waals surface area contributed by atoms with Gasteiger partial charge < -0.3 is 4.98 Å². The summed E-state index contributed by atoms with van der Waals surface area (Å²) in [6.45, 7) is 2.18. The van der Waals surface area contributed by atoms with Crippen molar-refractivity contribution >= 4 is 0 Å². The van der Waals surface area contributed by atoms with Crippen molar-refractivity contribution in [3.05, 3.63) is 54.1 Å². The summed E-state index contributed by atoms with van der Waals surface area (Å²) < 4.78 is 0. The molecule has 1 N–H and O–H groups in total. The molecule has 2 heteroatoms. The highest BCUT2D eigenvalue weighted by atomic mass is 14.7. The van der Waals surface area contributed by atoms with Gasteiger partial charge in [0.05, 0.1) is 0 Å². The highest BCUT2D eigenvalue weighted by Crippen LogP contribution is 2.21. The van der Waals surface area contributed by atoms with E-state index in [0.29, 0.717) is 5.92 Å². The van der Waals surface area contributed by atoms with Crippen LogP contribution in [0, 0.1) is 0 Å². The Kier molecular flexibility index (Phi) is 2.13. The highest BCUT2D eigenvalue weighted by molar-refractivity contribution is 5.25. The predicted molar refractivity (Wildman–Crippen MR) is 52.5 cm³/mol. The average Bonchev–Trinajstić information content (AvgIpc) is 2.71. The van der Waals surface area contributed by atoms with Gasteiger partial charge in [-0.05, 0) is 29.8 Å². The van der Waals surface area contributed by atoms with Gasteiger partial charge in [0.2, 0.25) is 0 Å². The topological polar surface area (TPSA) is 28.7 Å². The molecule has 13 heavy (non-hydrogen) atoms. The number of hydrogen-bond donors (Lipinski definition) is 1. The largest absolute Gasteiger partial charge is 0.364 e. The van der Waals surface area contributed by atoms with Crippen molar-refractivity contribution < 1.29 is 0 Å². The molecule has 1 atom stereocenters. The molecule has 2 rings (SSSR count). The average molecular weight is 172 g/mol. The number of nitrogens with one attached hydrogen (secondary N) is 1.